The van der Waals surface area contributed by atoms with E-state index in [0.29, 0.717) is 13.0 Å². The van der Waals surface area contributed by atoms with Crippen LogP contribution in [-0.2, 0) is 27.9 Å². The normalized spacial score (nSPS) is 14.3. The lowest BCUT2D eigenvalue weighted by Gasteiger charge is -2.20. The summed E-state index contributed by atoms with van der Waals surface area (Å²) in [6, 6.07) is 0. The molecule has 0 aromatic heterocycles. The van der Waals surface area contributed by atoms with Crippen LogP contribution >= 0.6 is 7.82 Å². The van der Waals surface area contributed by atoms with Gasteiger partial charge < -0.3 is 24.6 Å². The number of esters is 1. The number of unbranched alkanes of at least 4 members (excludes halogenated alkanes) is 25. The average Bonchev–Trinajstić information content (AvgIpc) is 3.28. The maximum atomic E-state index is 12.7. The molecule has 0 fully saturated rings. The van der Waals surface area contributed by atoms with Crippen LogP contribution in [-0.4, -0.2) is 66.3 Å². The van der Waals surface area contributed by atoms with Gasteiger partial charge in [-0.2, -0.15) is 0 Å². The molecule has 3 atom stereocenters. The second kappa shape index (κ2) is 49.6. The Morgan fingerprint density at radius 2 is 0.905 bits per heavy atom. The number of phosphoric acid groups is 1. The number of hydrogen-bond donors (Lipinski definition) is 3. The van der Waals surface area contributed by atoms with Crippen LogP contribution < -0.4 is 0 Å². The molecule has 0 amide bonds. The fraction of sp³-hybridized carbons (Fsp3) is 0.792. The smallest absolute Gasteiger partial charge is 0.457 e. The largest absolute Gasteiger partial charge is 0.472 e. The summed E-state index contributed by atoms with van der Waals surface area (Å²) in [4.78, 5) is 22.7. The first-order chi connectivity index (χ1) is 30.8. The van der Waals surface area contributed by atoms with Gasteiger partial charge in [0.15, 0.2) is 0 Å². The minimum Gasteiger partial charge on any atom is -0.457 e. The summed E-state index contributed by atoms with van der Waals surface area (Å²) >= 11 is 0. The van der Waals surface area contributed by atoms with Crippen LogP contribution in [0.25, 0.3) is 0 Å². The molecule has 0 aromatic rings. The van der Waals surface area contributed by atoms with Crippen LogP contribution in [0, 0.1) is 0 Å². The zero-order chi connectivity index (χ0) is 46.0. The van der Waals surface area contributed by atoms with Crippen LogP contribution in [0.1, 0.15) is 226 Å². The zero-order valence-corrected chi connectivity index (χ0v) is 41.4. The van der Waals surface area contributed by atoms with E-state index in [0.717, 1.165) is 70.6 Å². The fourth-order valence-electron chi connectivity index (χ4n) is 7.09. The number of carbonyl (C=O) groups excluding carboxylic acids is 1. The van der Waals surface area contributed by atoms with E-state index in [9.17, 15) is 19.4 Å². The van der Waals surface area contributed by atoms with Crippen molar-refractivity contribution in [3.05, 3.63) is 60.8 Å². The number of aliphatic hydroxyl groups excluding tert-OH is 2. The Bertz CT molecular complexity index is 1170. The van der Waals surface area contributed by atoms with Gasteiger partial charge in [-0.3, -0.25) is 13.8 Å². The maximum Gasteiger partial charge on any atom is 0.472 e. The van der Waals surface area contributed by atoms with Crippen molar-refractivity contribution in [2.45, 2.75) is 238 Å². The van der Waals surface area contributed by atoms with Gasteiger partial charge in [-0.1, -0.05) is 222 Å². The molecule has 0 aromatic carbocycles. The quantitative estimate of drug-likeness (QED) is 0.0236. The zero-order valence-electron chi connectivity index (χ0n) is 40.5. The number of hydrogen-bond acceptors (Lipinski definition) is 8. The molecule has 0 saturated carbocycles. The lowest BCUT2D eigenvalue weighted by Crippen LogP contribution is -2.29. The van der Waals surface area contributed by atoms with Gasteiger partial charge in [-0.15, -0.1) is 0 Å². The standard InChI is InChI=1S/C53H97O9P/c1-3-5-7-9-11-13-15-17-19-21-23-24-25-26-28-30-32-34-36-38-40-42-44-46-59-49-52(50-61-63(57,58)60-48-51(55)47-54)62-53(56)45-43-41-39-37-35-33-31-29-27-22-20-18-16-14-12-10-8-6-4-2/h6,8,12,14,18,20,27,29,33,35,51-52,54-55H,3-5,7,9-11,13,15-17,19,21-26,28,30-32,34,36-50H2,1-2H3,(H,57,58)/b8-6-,14-12-,20-18-,29-27-,35-33-. The molecule has 10 heteroatoms. The molecular formula is C53H97O9P. The highest BCUT2D eigenvalue weighted by molar-refractivity contribution is 7.47. The van der Waals surface area contributed by atoms with Crippen molar-refractivity contribution >= 4 is 13.8 Å². The van der Waals surface area contributed by atoms with Crippen LogP contribution in [0.2, 0.25) is 0 Å². The highest BCUT2D eigenvalue weighted by atomic mass is 31.2. The predicted octanol–water partition coefficient (Wildman–Crippen LogP) is 15.1. The molecule has 0 heterocycles. The monoisotopic (exact) mass is 909 g/mol. The second-order valence-electron chi connectivity index (χ2n) is 17.2. The van der Waals surface area contributed by atoms with E-state index in [2.05, 4.69) is 74.6 Å². The van der Waals surface area contributed by atoms with E-state index in [1.807, 2.05) is 0 Å². The Labute approximate surface area is 387 Å². The number of aliphatic hydroxyl groups is 2. The van der Waals surface area contributed by atoms with Crippen LogP contribution in [0.5, 0.6) is 0 Å². The molecule has 0 aliphatic rings. The van der Waals surface area contributed by atoms with E-state index in [-0.39, 0.29) is 13.0 Å². The van der Waals surface area contributed by atoms with Crippen molar-refractivity contribution < 1.29 is 43.0 Å². The van der Waals surface area contributed by atoms with Gasteiger partial charge >= 0.3 is 13.8 Å². The maximum absolute atomic E-state index is 12.7. The van der Waals surface area contributed by atoms with E-state index in [1.54, 1.807) is 0 Å². The molecule has 368 valence electrons. The highest BCUT2D eigenvalue weighted by Gasteiger charge is 2.26. The first kappa shape index (κ1) is 61.2. The first-order valence-corrected chi connectivity index (χ1v) is 27.3. The molecule has 9 nitrogen and oxygen atoms in total. The third-order valence-corrected chi connectivity index (χ3v) is 11.9. The summed E-state index contributed by atoms with van der Waals surface area (Å²) in [5.74, 6) is -0.411. The van der Waals surface area contributed by atoms with Crippen LogP contribution in [0.15, 0.2) is 60.8 Å². The van der Waals surface area contributed by atoms with E-state index in [1.165, 1.54) is 128 Å². The van der Waals surface area contributed by atoms with Crippen molar-refractivity contribution in [1.29, 1.82) is 0 Å². The first-order valence-electron chi connectivity index (χ1n) is 25.8. The molecule has 0 saturated heterocycles. The molecule has 3 N–H and O–H groups in total. The van der Waals surface area contributed by atoms with Gasteiger partial charge in [-0.05, 0) is 57.8 Å². The van der Waals surface area contributed by atoms with E-state index in [4.69, 9.17) is 23.6 Å². The molecular weight excluding hydrogens is 812 g/mol. The third kappa shape index (κ3) is 49.4. The van der Waals surface area contributed by atoms with Crippen molar-refractivity contribution in [3.8, 4) is 0 Å². The predicted molar refractivity (Wildman–Crippen MR) is 265 cm³/mol. The average molecular weight is 909 g/mol. The molecule has 0 rings (SSSR count). The van der Waals surface area contributed by atoms with Gasteiger partial charge in [-0.25, -0.2) is 4.57 Å². The minimum atomic E-state index is -4.53. The molecule has 0 aliphatic heterocycles. The molecule has 0 bridgehead atoms. The summed E-state index contributed by atoms with van der Waals surface area (Å²) < 4.78 is 33.5. The summed E-state index contributed by atoms with van der Waals surface area (Å²) in [5.41, 5.74) is 0. The molecule has 0 aliphatic carbocycles. The van der Waals surface area contributed by atoms with Crippen LogP contribution in [0.4, 0.5) is 0 Å². The van der Waals surface area contributed by atoms with Crippen molar-refractivity contribution in [3.63, 3.8) is 0 Å². The van der Waals surface area contributed by atoms with Gasteiger partial charge in [0.2, 0.25) is 0 Å². The number of ether oxygens (including phenoxy) is 2. The fourth-order valence-corrected chi connectivity index (χ4v) is 7.88. The topological polar surface area (TPSA) is 132 Å². The number of phosphoric ester groups is 1. The number of allylic oxidation sites excluding steroid dienone is 10. The van der Waals surface area contributed by atoms with Crippen molar-refractivity contribution in [2.75, 3.05) is 33.0 Å². The van der Waals surface area contributed by atoms with Gasteiger partial charge in [0, 0.05) is 13.0 Å². The van der Waals surface area contributed by atoms with Gasteiger partial charge in [0.25, 0.3) is 0 Å². The molecule has 63 heavy (non-hydrogen) atoms. The van der Waals surface area contributed by atoms with E-state index >= 15 is 0 Å². The highest BCUT2D eigenvalue weighted by Crippen LogP contribution is 2.43. The van der Waals surface area contributed by atoms with Crippen molar-refractivity contribution in [2.24, 2.45) is 0 Å². The Balaban J connectivity index is 4.10. The third-order valence-electron chi connectivity index (χ3n) is 11.0. The SMILES string of the molecule is CC/C=C\C/C=C\C/C=C\C/C=C\C/C=C\CCCCCC(=O)OC(COCCCCCCCCCCCCCCCCCCCCCCCCC)COP(=O)(O)OCC(O)CO. The molecule has 0 spiro atoms. The lowest BCUT2D eigenvalue weighted by molar-refractivity contribution is -0.154. The van der Waals surface area contributed by atoms with Gasteiger partial charge in [0.1, 0.15) is 12.2 Å². The van der Waals surface area contributed by atoms with Crippen molar-refractivity contribution in [1.82, 2.24) is 0 Å². The van der Waals surface area contributed by atoms with Gasteiger partial charge in [0.05, 0.1) is 26.4 Å². The second-order valence-corrected chi connectivity index (χ2v) is 18.6. The Morgan fingerprint density at radius 1 is 0.508 bits per heavy atom. The van der Waals surface area contributed by atoms with E-state index < -0.39 is 45.8 Å². The number of carbonyl (C=O) groups is 1. The summed E-state index contributed by atoms with van der Waals surface area (Å²) in [6.07, 6.45) is 59.1. The molecule has 0 radical (unpaired) electrons. The summed E-state index contributed by atoms with van der Waals surface area (Å²) in [6.45, 7) is 3.39. The molecule has 3 unspecified atom stereocenters. The van der Waals surface area contributed by atoms with Crippen LogP contribution in [0.3, 0.4) is 0 Å². The Morgan fingerprint density at radius 3 is 1.35 bits per heavy atom. The Kier molecular flexibility index (Phi) is 48.1. The lowest BCUT2D eigenvalue weighted by atomic mass is 10.0. The summed E-state index contributed by atoms with van der Waals surface area (Å²) in [5, 5.41) is 18.4. The Hall–Kier alpha value is -1.84. The number of rotatable bonds is 49. The summed E-state index contributed by atoms with van der Waals surface area (Å²) in [7, 11) is -4.53. The minimum absolute atomic E-state index is 0.0361.